The van der Waals surface area contributed by atoms with Gasteiger partial charge in [-0.1, -0.05) is 18.2 Å². The molecule has 3 rings (SSSR count). The molecule has 0 aliphatic carbocycles. The quantitative estimate of drug-likeness (QED) is 0.704. The van der Waals surface area contributed by atoms with Gasteiger partial charge in [0.2, 0.25) is 15.7 Å². The van der Waals surface area contributed by atoms with Crippen LogP contribution in [0.4, 0.5) is 0 Å². The van der Waals surface area contributed by atoms with Gasteiger partial charge in [0.25, 0.3) is 10.0 Å². The topological polar surface area (TPSA) is 129 Å². The summed E-state index contributed by atoms with van der Waals surface area (Å²) in [6.45, 7) is 0.865. The summed E-state index contributed by atoms with van der Waals surface area (Å²) in [6.07, 6.45) is 0. The van der Waals surface area contributed by atoms with Crippen LogP contribution < -0.4 is 0 Å². The number of carbonyl (C=O) groups excluding carboxylic acids is 1. The Morgan fingerprint density at radius 1 is 1.00 bits per heavy atom. The van der Waals surface area contributed by atoms with Crippen LogP contribution in [0.5, 0.6) is 0 Å². The minimum Gasteiger partial charge on any atom is -0.480 e. The number of carboxylic acids is 1. The van der Waals surface area contributed by atoms with Crippen LogP contribution in [-0.2, 0) is 29.4 Å². The van der Waals surface area contributed by atoms with Crippen molar-refractivity contribution >= 4 is 43.1 Å². The zero-order valence-corrected chi connectivity index (χ0v) is 17.7. The van der Waals surface area contributed by atoms with Crippen molar-refractivity contribution in [3.8, 4) is 0 Å². The summed E-state index contributed by atoms with van der Waals surface area (Å²) in [7, 11) is -8.15. The van der Waals surface area contributed by atoms with Gasteiger partial charge in [0.1, 0.15) is 14.5 Å². The molecule has 0 radical (unpaired) electrons. The Balaban J connectivity index is 1.95. The van der Waals surface area contributed by atoms with Crippen molar-refractivity contribution in [1.29, 1.82) is 0 Å². The summed E-state index contributed by atoms with van der Waals surface area (Å²) >= 11 is 0.565. The van der Waals surface area contributed by atoms with Crippen LogP contribution in [0, 0.1) is 0 Å². The highest BCUT2D eigenvalue weighted by atomic mass is 32.3. The first-order valence-corrected chi connectivity index (χ1v) is 12.2. The number of hydrogen-bond donors (Lipinski definition) is 1. The molecular formula is C17H18N2O7S3. The van der Waals surface area contributed by atoms with E-state index in [2.05, 4.69) is 0 Å². The Hall–Kier alpha value is -2.28. The first kappa shape index (κ1) is 21.4. The van der Waals surface area contributed by atoms with Gasteiger partial charge in [-0.15, -0.1) is 11.3 Å². The van der Waals surface area contributed by atoms with Crippen LogP contribution in [0.3, 0.4) is 0 Å². The molecule has 29 heavy (non-hydrogen) atoms. The summed E-state index contributed by atoms with van der Waals surface area (Å²) in [5.41, 5.74) is 0. The van der Waals surface area contributed by atoms with Crippen LogP contribution in [0.25, 0.3) is 0 Å². The van der Waals surface area contributed by atoms with Gasteiger partial charge in [0.05, 0.1) is 4.90 Å². The third-order valence-electron chi connectivity index (χ3n) is 4.50. The van der Waals surface area contributed by atoms with Crippen LogP contribution >= 0.6 is 11.3 Å². The lowest BCUT2D eigenvalue weighted by Crippen LogP contribution is -2.58. The van der Waals surface area contributed by atoms with Crippen LogP contribution in [0.2, 0.25) is 0 Å². The van der Waals surface area contributed by atoms with Crippen LogP contribution in [-0.4, -0.2) is 68.7 Å². The van der Waals surface area contributed by atoms with E-state index in [0.29, 0.717) is 11.3 Å². The average molecular weight is 459 g/mol. The fraction of sp³-hybridized carbons (Fsp3) is 0.294. The lowest BCUT2D eigenvalue weighted by Gasteiger charge is -2.37. The van der Waals surface area contributed by atoms with E-state index in [-0.39, 0.29) is 38.9 Å². The molecule has 1 aromatic heterocycles. The highest BCUT2D eigenvalue weighted by molar-refractivity contribution is 7.95. The minimum atomic E-state index is -4.26. The molecule has 2 aromatic rings. The second kappa shape index (κ2) is 7.86. The Labute approximate surface area is 172 Å². The first-order chi connectivity index (χ1) is 13.5. The van der Waals surface area contributed by atoms with Crippen molar-refractivity contribution in [1.82, 2.24) is 9.21 Å². The van der Waals surface area contributed by atoms with E-state index < -0.39 is 31.9 Å². The molecule has 1 atom stereocenters. The van der Waals surface area contributed by atoms with Gasteiger partial charge >= 0.3 is 5.97 Å². The monoisotopic (exact) mass is 458 g/mol. The number of aliphatic carboxylic acids is 1. The molecule has 1 unspecified atom stereocenters. The largest absolute Gasteiger partial charge is 0.480 e. The Morgan fingerprint density at radius 3 is 2.21 bits per heavy atom. The van der Waals surface area contributed by atoms with Gasteiger partial charge < -0.3 is 10.0 Å². The van der Waals surface area contributed by atoms with Crippen molar-refractivity contribution in [2.24, 2.45) is 0 Å². The van der Waals surface area contributed by atoms with Gasteiger partial charge in [0.15, 0.2) is 0 Å². The molecule has 1 fully saturated rings. The number of amides is 1. The number of carboxylic acid groups (broad SMARTS) is 1. The maximum atomic E-state index is 13.0. The molecule has 0 saturated carbocycles. The number of nitrogens with zero attached hydrogens (tertiary/aromatic N) is 2. The fourth-order valence-electron chi connectivity index (χ4n) is 2.96. The van der Waals surface area contributed by atoms with E-state index in [1.165, 1.54) is 30.0 Å². The maximum Gasteiger partial charge on any atom is 0.323 e. The standard InChI is InChI=1S/C17H18N2O7S3/c1-12(20)18-9-10-19(14(11-18)17(21)22)29(25,26)16-8-7-15(27-16)28(23,24)13-5-3-2-4-6-13/h2-8,14H,9-11H2,1H3,(H,21,22). The molecule has 0 spiro atoms. The zero-order chi connectivity index (χ0) is 21.4. The smallest absolute Gasteiger partial charge is 0.323 e. The molecule has 1 aromatic carbocycles. The van der Waals surface area contributed by atoms with Crippen molar-refractivity contribution in [3.63, 3.8) is 0 Å². The first-order valence-electron chi connectivity index (χ1n) is 8.45. The molecule has 156 valence electrons. The number of benzene rings is 1. The number of sulfone groups is 1. The third-order valence-corrected chi connectivity index (χ3v) is 10.2. The van der Waals surface area contributed by atoms with E-state index in [9.17, 15) is 31.5 Å². The molecule has 1 N–H and O–H groups in total. The maximum absolute atomic E-state index is 13.0. The second-order valence-electron chi connectivity index (χ2n) is 6.32. The predicted molar refractivity (Wildman–Crippen MR) is 104 cm³/mol. The average Bonchev–Trinajstić information content (AvgIpc) is 3.20. The van der Waals surface area contributed by atoms with Crippen molar-refractivity contribution in [3.05, 3.63) is 42.5 Å². The molecule has 12 heteroatoms. The van der Waals surface area contributed by atoms with Crippen molar-refractivity contribution in [2.45, 2.75) is 26.3 Å². The number of thiophene rings is 1. The molecule has 1 aliphatic heterocycles. The molecule has 1 amide bonds. The molecule has 2 heterocycles. The fourth-order valence-corrected chi connectivity index (χ4v) is 7.84. The number of hydrogen-bond acceptors (Lipinski definition) is 7. The van der Waals surface area contributed by atoms with E-state index in [0.717, 1.165) is 10.4 Å². The lowest BCUT2D eigenvalue weighted by molar-refractivity contribution is -0.145. The molecule has 0 bridgehead atoms. The summed E-state index contributed by atoms with van der Waals surface area (Å²) in [4.78, 5) is 24.5. The number of carbonyl (C=O) groups is 2. The van der Waals surface area contributed by atoms with Crippen molar-refractivity contribution in [2.75, 3.05) is 19.6 Å². The zero-order valence-electron chi connectivity index (χ0n) is 15.3. The van der Waals surface area contributed by atoms with E-state index in [1.54, 1.807) is 18.2 Å². The van der Waals surface area contributed by atoms with E-state index >= 15 is 0 Å². The Kier molecular flexibility index (Phi) is 5.81. The van der Waals surface area contributed by atoms with Crippen LogP contribution in [0.15, 0.2) is 55.8 Å². The highest BCUT2D eigenvalue weighted by Gasteiger charge is 2.41. The summed E-state index contributed by atoms with van der Waals surface area (Å²) in [5.74, 6) is -1.73. The molecular weight excluding hydrogens is 440 g/mol. The normalized spacial score (nSPS) is 18.5. The minimum absolute atomic E-state index is 0.0317. The lowest BCUT2D eigenvalue weighted by atomic mass is 10.2. The number of rotatable bonds is 5. The molecule has 1 saturated heterocycles. The van der Waals surface area contributed by atoms with Gasteiger partial charge in [-0.25, -0.2) is 16.8 Å². The van der Waals surface area contributed by atoms with Crippen molar-refractivity contribution < 1.29 is 31.5 Å². The Bertz CT molecular complexity index is 1140. The Morgan fingerprint density at radius 2 is 1.62 bits per heavy atom. The molecule has 9 nitrogen and oxygen atoms in total. The SMILES string of the molecule is CC(=O)N1CCN(S(=O)(=O)c2ccc(S(=O)(=O)c3ccccc3)s2)C(C(=O)O)C1. The second-order valence-corrected chi connectivity index (χ2v) is 11.7. The van der Waals surface area contributed by atoms with E-state index in [4.69, 9.17) is 0 Å². The number of sulfonamides is 1. The van der Waals surface area contributed by atoms with Gasteiger partial charge in [-0.2, -0.15) is 4.31 Å². The number of piperazine rings is 1. The van der Waals surface area contributed by atoms with Gasteiger partial charge in [-0.05, 0) is 24.3 Å². The summed E-state index contributed by atoms with van der Waals surface area (Å²) < 4.78 is 51.8. The molecule has 1 aliphatic rings. The predicted octanol–water partition coefficient (Wildman–Crippen LogP) is 0.887. The van der Waals surface area contributed by atoms with E-state index in [1.807, 2.05) is 0 Å². The summed E-state index contributed by atoms with van der Waals surface area (Å²) in [5, 5.41) is 9.47. The van der Waals surface area contributed by atoms with Gasteiger partial charge in [-0.3, -0.25) is 9.59 Å². The highest BCUT2D eigenvalue weighted by Crippen LogP contribution is 2.33. The third kappa shape index (κ3) is 4.06. The van der Waals surface area contributed by atoms with Crippen LogP contribution in [0.1, 0.15) is 6.92 Å². The van der Waals surface area contributed by atoms with Gasteiger partial charge in [0, 0.05) is 26.6 Å². The summed E-state index contributed by atoms with van der Waals surface area (Å²) in [6, 6.07) is 8.50.